The SMILES string of the molecule is N#Cc1ccc(NC(=O)Nc2cccc(C(F)(F)F)c2)cc1. The number of amides is 2. The van der Waals surface area contributed by atoms with Crippen molar-refractivity contribution >= 4 is 17.4 Å². The average Bonchev–Trinajstić information content (AvgIpc) is 2.47. The molecule has 0 aromatic heterocycles. The molecule has 0 unspecified atom stereocenters. The largest absolute Gasteiger partial charge is 0.416 e. The zero-order valence-electron chi connectivity index (χ0n) is 11.1. The molecule has 0 spiro atoms. The number of nitrogens with zero attached hydrogens (tertiary/aromatic N) is 1. The molecule has 0 saturated carbocycles. The molecular formula is C15H10F3N3O. The molecule has 2 aromatic carbocycles. The fourth-order valence-corrected chi connectivity index (χ4v) is 1.69. The van der Waals surface area contributed by atoms with Crippen LogP contribution in [0.5, 0.6) is 0 Å². The molecule has 0 bridgehead atoms. The minimum absolute atomic E-state index is 0.0287. The van der Waals surface area contributed by atoms with Crippen molar-refractivity contribution in [1.29, 1.82) is 5.26 Å². The van der Waals surface area contributed by atoms with Gasteiger partial charge < -0.3 is 10.6 Å². The van der Waals surface area contributed by atoms with Gasteiger partial charge in [0.1, 0.15) is 0 Å². The number of rotatable bonds is 2. The van der Waals surface area contributed by atoms with Crippen LogP contribution in [0.1, 0.15) is 11.1 Å². The van der Waals surface area contributed by atoms with Crippen LogP contribution < -0.4 is 10.6 Å². The molecule has 2 rings (SSSR count). The van der Waals surface area contributed by atoms with Crippen molar-refractivity contribution in [2.45, 2.75) is 6.18 Å². The van der Waals surface area contributed by atoms with E-state index in [1.54, 1.807) is 0 Å². The first-order valence-corrected chi connectivity index (χ1v) is 6.14. The number of urea groups is 1. The number of nitrogens with one attached hydrogen (secondary N) is 2. The lowest BCUT2D eigenvalue weighted by Gasteiger charge is -2.10. The van der Waals surface area contributed by atoms with Crippen molar-refractivity contribution in [2.24, 2.45) is 0 Å². The van der Waals surface area contributed by atoms with Crippen molar-refractivity contribution in [2.75, 3.05) is 10.6 Å². The first-order valence-electron chi connectivity index (χ1n) is 6.14. The molecule has 2 N–H and O–H groups in total. The summed E-state index contributed by atoms with van der Waals surface area (Å²) < 4.78 is 37.7. The van der Waals surface area contributed by atoms with Crippen LogP contribution in [0.2, 0.25) is 0 Å². The Labute approximate surface area is 124 Å². The fourth-order valence-electron chi connectivity index (χ4n) is 1.69. The van der Waals surface area contributed by atoms with E-state index in [4.69, 9.17) is 5.26 Å². The van der Waals surface area contributed by atoms with Crippen LogP contribution in [-0.4, -0.2) is 6.03 Å². The third-order valence-electron chi connectivity index (χ3n) is 2.72. The summed E-state index contributed by atoms with van der Waals surface area (Å²) in [4.78, 5) is 11.7. The molecule has 0 atom stereocenters. The zero-order chi connectivity index (χ0) is 16.2. The molecule has 0 heterocycles. The smallest absolute Gasteiger partial charge is 0.308 e. The number of alkyl halides is 3. The molecule has 2 aromatic rings. The maximum atomic E-state index is 12.6. The summed E-state index contributed by atoms with van der Waals surface area (Å²) in [5.41, 5.74) is 0.0388. The summed E-state index contributed by atoms with van der Waals surface area (Å²) in [6.07, 6.45) is -4.47. The lowest BCUT2D eigenvalue weighted by atomic mass is 10.2. The van der Waals surface area contributed by atoms with E-state index in [2.05, 4.69) is 10.6 Å². The maximum absolute atomic E-state index is 12.6. The van der Waals surface area contributed by atoms with Crippen molar-refractivity contribution in [1.82, 2.24) is 0 Å². The summed E-state index contributed by atoms with van der Waals surface area (Å²) in [5, 5.41) is 13.4. The van der Waals surface area contributed by atoms with Gasteiger partial charge in [-0.05, 0) is 42.5 Å². The monoisotopic (exact) mass is 305 g/mol. The number of hydrogen-bond donors (Lipinski definition) is 2. The Morgan fingerprint density at radius 1 is 1.00 bits per heavy atom. The predicted octanol–water partition coefficient (Wildman–Crippen LogP) is 4.22. The molecule has 112 valence electrons. The topological polar surface area (TPSA) is 64.9 Å². The van der Waals surface area contributed by atoms with Crippen LogP contribution >= 0.6 is 0 Å². The number of halogens is 3. The van der Waals surface area contributed by atoms with Crippen LogP contribution in [0.3, 0.4) is 0 Å². The molecule has 22 heavy (non-hydrogen) atoms. The summed E-state index contributed by atoms with van der Waals surface area (Å²) in [6.45, 7) is 0. The van der Waals surface area contributed by atoms with E-state index in [9.17, 15) is 18.0 Å². The third kappa shape index (κ3) is 3.99. The molecule has 0 aliphatic heterocycles. The fraction of sp³-hybridized carbons (Fsp3) is 0.0667. The lowest BCUT2D eigenvalue weighted by molar-refractivity contribution is -0.137. The summed E-state index contributed by atoms with van der Waals surface area (Å²) >= 11 is 0. The number of carbonyl (C=O) groups excluding carboxylic acids is 1. The van der Waals surface area contributed by atoms with E-state index in [0.717, 1.165) is 12.1 Å². The molecule has 0 aliphatic carbocycles. The van der Waals surface area contributed by atoms with Crippen LogP contribution in [0, 0.1) is 11.3 Å². The molecular weight excluding hydrogens is 295 g/mol. The highest BCUT2D eigenvalue weighted by molar-refractivity contribution is 5.99. The van der Waals surface area contributed by atoms with Gasteiger partial charge >= 0.3 is 12.2 Å². The second kappa shape index (κ2) is 6.18. The van der Waals surface area contributed by atoms with E-state index < -0.39 is 17.8 Å². The summed E-state index contributed by atoms with van der Waals surface area (Å²) in [6, 6.07) is 11.6. The molecule has 0 aliphatic rings. The van der Waals surface area contributed by atoms with Crippen molar-refractivity contribution in [3.63, 3.8) is 0 Å². The average molecular weight is 305 g/mol. The Morgan fingerprint density at radius 2 is 1.64 bits per heavy atom. The van der Waals surface area contributed by atoms with Gasteiger partial charge in [0.25, 0.3) is 0 Å². The van der Waals surface area contributed by atoms with Gasteiger partial charge in [-0.3, -0.25) is 0 Å². The van der Waals surface area contributed by atoms with Crippen LogP contribution in [0.15, 0.2) is 48.5 Å². The summed E-state index contributed by atoms with van der Waals surface area (Å²) in [7, 11) is 0. The molecule has 4 nitrogen and oxygen atoms in total. The number of carbonyl (C=O) groups is 1. The Hall–Kier alpha value is -3.01. The highest BCUT2D eigenvalue weighted by Crippen LogP contribution is 2.30. The quantitative estimate of drug-likeness (QED) is 0.872. The number of benzene rings is 2. The Balaban J connectivity index is 2.04. The van der Waals surface area contributed by atoms with Crippen molar-refractivity contribution in [3.05, 3.63) is 59.7 Å². The number of nitriles is 1. The van der Waals surface area contributed by atoms with Gasteiger partial charge in [0.05, 0.1) is 17.2 Å². The van der Waals surface area contributed by atoms with Gasteiger partial charge in [0.2, 0.25) is 0 Å². The molecule has 0 radical (unpaired) electrons. The van der Waals surface area contributed by atoms with E-state index >= 15 is 0 Å². The van der Waals surface area contributed by atoms with Gasteiger partial charge in [-0.2, -0.15) is 18.4 Å². The van der Waals surface area contributed by atoms with E-state index in [1.165, 1.54) is 36.4 Å². The third-order valence-corrected chi connectivity index (χ3v) is 2.72. The molecule has 0 fully saturated rings. The molecule has 0 saturated heterocycles. The van der Waals surface area contributed by atoms with Gasteiger partial charge in [-0.15, -0.1) is 0 Å². The second-order valence-electron chi connectivity index (χ2n) is 4.35. The van der Waals surface area contributed by atoms with E-state index in [1.807, 2.05) is 6.07 Å². The van der Waals surface area contributed by atoms with Gasteiger partial charge in [0, 0.05) is 11.4 Å². The first-order chi connectivity index (χ1) is 10.4. The van der Waals surface area contributed by atoms with Crippen molar-refractivity contribution < 1.29 is 18.0 Å². The van der Waals surface area contributed by atoms with Crippen molar-refractivity contribution in [3.8, 4) is 6.07 Å². The zero-order valence-corrected chi connectivity index (χ0v) is 11.1. The van der Waals surface area contributed by atoms with Gasteiger partial charge in [-0.1, -0.05) is 6.07 Å². The minimum Gasteiger partial charge on any atom is -0.308 e. The normalized spacial score (nSPS) is 10.6. The molecule has 7 heteroatoms. The van der Waals surface area contributed by atoms with E-state index in [-0.39, 0.29) is 5.69 Å². The predicted molar refractivity (Wildman–Crippen MR) is 75.2 cm³/mol. The van der Waals surface area contributed by atoms with Crippen LogP contribution in [0.4, 0.5) is 29.3 Å². The Kier molecular flexibility index (Phi) is 4.32. The number of hydrogen-bond acceptors (Lipinski definition) is 2. The Bertz CT molecular complexity index is 718. The first kappa shape index (κ1) is 15.4. The standard InChI is InChI=1S/C15H10F3N3O/c16-15(17,18)11-2-1-3-13(8-11)21-14(22)20-12-6-4-10(9-19)5-7-12/h1-8H,(H2,20,21,22). The minimum atomic E-state index is -4.47. The van der Waals surface area contributed by atoms with Gasteiger partial charge in [-0.25, -0.2) is 4.79 Å². The van der Waals surface area contributed by atoms with Crippen LogP contribution in [-0.2, 0) is 6.18 Å². The highest BCUT2D eigenvalue weighted by atomic mass is 19.4. The second-order valence-corrected chi connectivity index (χ2v) is 4.35. The van der Waals surface area contributed by atoms with Crippen LogP contribution in [0.25, 0.3) is 0 Å². The lowest BCUT2D eigenvalue weighted by Crippen LogP contribution is -2.19. The number of anilines is 2. The van der Waals surface area contributed by atoms with Gasteiger partial charge in [0.15, 0.2) is 0 Å². The highest BCUT2D eigenvalue weighted by Gasteiger charge is 2.30. The maximum Gasteiger partial charge on any atom is 0.416 e. The Morgan fingerprint density at radius 3 is 2.23 bits per heavy atom. The van der Waals surface area contributed by atoms with E-state index in [0.29, 0.717) is 11.3 Å². The summed E-state index contributed by atoms with van der Waals surface area (Å²) in [5.74, 6) is 0. The molecule has 2 amide bonds.